The maximum atomic E-state index is 4.40. The van der Waals surface area contributed by atoms with Gasteiger partial charge in [0.05, 0.1) is 0 Å². The molecule has 5 nitrogen and oxygen atoms in total. The van der Waals surface area contributed by atoms with Gasteiger partial charge in [0.1, 0.15) is 0 Å². The molecule has 2 saturated heterocycles. The fraction of sp³-hybridized carbons (Fsp3) is 0.941. The van der Waals surface area contributed by atoms with Crippen LogP contribution in [0.1, 0.15) is 40.0 Å². The third kappa shape index (κ3) is 6.74. The SMILES string of the molecule is CN=C(NCCN1CCCCC1)NC1CN(C(C)C)CC1C.I. The maximum Gasteiger partial charge on any atom is 0.191 e. The number of halogens is 1. The van der Waals surface area contributed by atoms with Crippen molar-refractivity contribution in [3.63, 3.8) is 0 Å². The normalized spacial score (nSPS) is 27.1. The zero-order chi connectivity index (χ0) is 15.9. The lowest BCUT2D eigenvalue weighted by Crippen LogP contribution is -2.48. The summed E-state index contributed by atoms with van der Waals surface area (Å²) >= 11 is 0. The highest BCUT2D eigenvalue weighted by Crippen LogP contribution is 2.18. The molecule has 0 aromatic carbocycles. The molecule has 2 rings (SSSR count). The van der Waals surface area contributed by atoms with Gasteiger partial charge >= 0.3 is 0 Å². The Balaban J connectivity index is 0.00000264. The minimum atomic E-state index is 0. The van der Waals surface area contributed by atoms with Crippen molar-refractivity contribution in [3.8, 4) is 0 Å². The van der Waals surface area contributed by atoms with Gasteiger partial charge in [-0.3, -0.25) is 9.89 Å². The zero-order valence-electron chi connectivity index (χ0n) is 15.3. The lowest BCUT2D eigenvalue weighted by atomic mass is 10.1. The molecule has 0 aliphatic carbocycles. The number of nitrogens with one attached hydrogen (secondary N) is 2. The van der Waals surface area contributed by atoms with Crippen LogP contribution in [0.25, 0.3) is 0 Å². The molecule has 2 N–H and O–H groups in total. The van der Waals surface area contributed by atoms with Crippen LogP contribution in [0.5, 0.6) is 0 Å². The number of guanidine groups is 1. The van der Waals surface area contributed by atoms with Crippen LogP contribution in [0.15, 0.2) is 4.99 Å². The predicted molar refractivity (Wildman–Crippen MR) is 110 cm³/mol. The Labute approximate surface area is 159 Å². The van der Waals surface area contributed by atoms with E-state index in [4.69, 9.17) is 0 Å². The second kappa shape index (κ2) is 10.7. The van der Waals surface area contributed by atoms with Crippen LogP contribution >= 0.6 is 24.0 Å². The first-order valence-electron chi connectivity index (χ1n) is 9.03. The number of hydrogen-bond donors (Lipinski definition) is 2. The van der Waals surface area contributed by atoms with Gasteiger partial charge in [-0.2, -0.15) is 0 Å². The van der Waals surface area contributed by atoms with Gasteiger partial charge in [0.25, 0.3) is 0 Å². The van der Waals surface area contributed by atoms with Gasteiger partial charge in [0.2, 0.25) is 0 Å². The summed E-state index contributed by atoms with van der Waals surface area (Å²) in [5, 5.41) is 7.10. The molecule has 23 heavy (non-hydrogen) atoms. The number of hydrogen-bond acceptors (Lipinski definition) is 3. The highest BCUT2D eigenvalue weighted by Gasteiger charge is 2.31. The van der Waals surface area contributed by atoms with E-state index in [2.05, 4.69) is 46.2 Å². The number of likely N-dealkylation sites (tertiary alicyclic amines) is 2. The Morgan fingerprint density at radius 3 is 2.43 bits per heavy atom. The fourth-order valence-corrected chi connectivity index (χ4v) is 3.50. The van der Waals surface area contributed by atoms with Crippen molar-refractivity contribution >= 4 is 29.9 Å². The van der Waals surface area contributed by atoms with Gasteiger partial charge in [-0.15, -0.1) is 24.0 Å². The van der Waals surface area contributed by atoms with E-state index in [-0.39, 0.29) is 24.0 Å². The predicted octanol–water partition coefficient (Wildman–Crippen LogP) is 1.98. The highest BCUT2D eigenvalue weighted by molar-refractivity contribution is 14.0. The molecule has 2 unspecified atom stereocenters. The van der Waals surface area contributed by atoms with E-state index in [1.807, 2.05) is 7.05 Å². The van der Waals surface area contributed by atoms with E-state index in [0.717, 1.165) is 25.6 Å². The van der Waals surface area contributed by atoms with Crippen LogP contribution in [-0.2, 0) is 0 Å². The maximum absolute atomic E-state index is 4.40. The van der Waals surface area contributed by atoms with Crippen molar-refractivity contribution in [2.45, 2.75) is 52.1 Å². The first-order valence-corrected chi connectivity index (χ1v) is 9.03. The zero-order valence-corrected chi connectivity index (χ0v) is 17.7. The number of nitrogens with zero attached hydrogens (tertiary/aromatic N) is 3. The molecular formula is C17H36IN5. The molecule has 2 aliphatic rings. The van der Waals surface area contributed by atoms with Gasteiger partial charge in [0.15, 0.2) is 5.96 Å². The first-order chi connectivity index (χ1) is 10.6. The molecule has 0 aromatic heterocycles. The fourth-order valence-electron chi connectivity index (χ4n) is 3.50. The van der Waals surface area contributed by atoms with Gasteiger partial charge < -0.3 is 15.5 Å². The molecule has 2 atom stereocenters. The van der Waals surface area contributed by atoms with Gasteiger partial charge in [-0.25, -0.2) is 0 Å². The molecule has 0 radical (unpaired) electrons. The molecule has 0 spiro atoms. The molecule has 6 heteroatoms. The van der Waals surface area contributed by atoms with Crippen LogP contribution in [0.2, 0.25) is 0 Å². The molecule has 2 heterocycles. The van der Waals surface area contributed by atoms with Crippen molar-refractivity contribution in [2.75, 3.05) is 46.3 Å². The van der Waals surface area contributed by atoms with Gasteiger partial charge in [-0.1, -0.05) is 13.3 Å². The molecule has 136 valence electrons. The third-order valence-corrected chi connectivity index (χ3v) is 5.09. The van der Waals surface area contributed by atoms with Crippen molar-refractivity contribution in [3.05, 3.63) is 0 Å². The Morgan fingerprint density at radius 2 is 1.87 bits per heavy atom. The Kier molecular flexibility index (Phi) is 9.77. The summed E-state index contributed by atoms with van der Waals surface area (Å²) in [5.74, 6) is 1.63. The molecule has 0 saturated carbocycles. The van der Waals surface area contributed by atoms with Crippen molar-refractivity contribution < 1.29 is 0 Å². The van der Waals surface area contributed by atoms with Crippen LogP contribution in [0, 0.1) is 5.92 Å². The highest BCUT2D eigenvalue weighted by atomic mass is 127. The number of piperidine rings is 1. The monoisotopic (exact) mass is 437 g/mol. The second-order valence-corrected chi connectivity index (χ2v) is 7.18. The molecular weight excluding hydrogens is 401 g/mol. The minimum Gasteiger partial charge on any atom is -0.355 e. The summed E-state index contributed by atoms with van der Waals surface area (Å²) in [5.41, 5.74) is 0. The Hall–Kier alpha value is -0.0800. The van der Waals surface area contributed by atoms with E-state index in [0.29, 0.717) is 18.0 Å². The van der Waals surface area contributed by atoms with E-state index < -0.39 is 0 Å². The minimum absolute atomic E-state index is 0. The number of aliphatic imine (C=N–C) groups is 1. The molecule has 2 fully saturated rings. The van der Waals surface area contributed by atoms with E-state index in [9.17, 15) is 0 Å². The van der Waals surface area contributed by atoms with E-state index in [1.165, 1.54) is 38.9 Å². The average Bonchev–Trinajstić information content (AvgIpc) is 2.88. The second-order valence-electron chi connectivity index (χ2n) is 7.18. The Bertz CT molecular complexity index is 355. The summed E-state index contributed by atoms with van der Waals surface area (Å²) in [6.07, 6.45) is 4.12. The van der Waals surface area contributed by atoms with Crippen molar-refractivity contribution in [2.24, 2.45) is 10.9 Å². The standard InChI is InChI=1S/C17H35N5.HI/c1-14(2)22-12-15(3)16(13-22)20-17(18-4)19-8-11-21-9-6-5-7-10-21;/h14-16H,5-13H2,1-4H3,(H2,18,19,20);1H. The van der Waals surface area contributed by atoms with Crippen LogP contribution in [-0.4, -0.2) is 74.2 Å². The summed E-state index contributed by atoms with van der Waals surface area (Å²) < 4.78 is 0. The largest absolute Gasteiger partial charge is 0.355 e. The Morgan fingerprint density at radius 1 is 1.17 bits per heavy atom. The van der Waals surface area contributed by atoms with Gasteiger partial charge in [-0.05, 0) is 45.7 Å². The smallest absolute Gasteiger partial charge is 0.191 e. The lowest BCUT2D eigenvalue weighted by Gasteiger charge is -2.27. The summed E-state index contributed by atoms with van der Waals surface area (Å²) in [7, 11) is 1.87. The van der Waals surface area contributed by atoms with Crippen LogP contribution in [0.4, 0.5) is 0 Å². The summed E-state index contributed by atoms with van der Waals surface area (Å²) in [4.78, 5) is 9.50. The summed E-state index contributed by atoms with van der Waals surface area (Å²) in [6.45, 7) is 13.8. The number of rotatable bonds is 5. The first kappa shape index (κ1) is 21.0. The van der Waals surface area contributed by atoms with Crippen molar-refractivity contribution in [1.29, 1.82) is 0 Å². The van der Waals surface area contributed by atoms with Gasteiger partial charge in [0, 0.05) is 45.3 Å². The topological polar surface area (TPSA) is 42.9 Å². The van der Waals surface area contributed by atoms with Crippen LogP contribution in [0.3, 0.4) is 0 Å². The average molecular weight is 437 g/mol. The molecule has 0 bridgehead atoms. The molecule has 2 aliphatic heterocycles. The molecule has 0 amide bonds. The summed E-state index contributed by atoms with van der Waals surface area (Å²) in [6, 6.07) is 1.13. The van der Waals surface area contributed by atoms with Crippen molar-refractivity contribution in [1.82, 2.24) is 20.4 Å². The van der Waals surface area contributed by atoms with E-state index in [1.54, 1.807) is 0 Å². The lowest BCUT2D eigenvalue weighted by molar-refractivity contribution is 0.232. The quantitative estimate of drug-likeness (QED) is 0.392. The van der Waals surface area contributed by atoms with E-state index >= 15 is 0 Å². The third-order valence-electron chi connectivity index (χ3n) is 5.09. The molecule has 0 aromatic rings. The van der Waals surface area contributed by atoms with Crippen LogP contribution < -0.4 is 10.6 Å².